The summed E-state index contributed by atoms with van der Waals surface area (Å²) in [7, 11) is 0. The molecule has 0 aliphatic carbocycles. The number of rotatable bonds is 4. The predicted octanol–water partition coefficient (Wildman–Crippen LogP) is 2.28. The average Bonchev–Trinajstić information content (AvgIpc) is 2.12. The molecule has 0 aliphatic heterocycles. The van der Waals surface area contributed by atoms with Crippen LogP contribution in [0.15, 0.2) is 18.2 Å². The van der Waals surface area contributed by atoms with E-state index in [1.807, 2.05) is 12.1 Å². The maximum Gasteiger partial charge on any atom is 0.144 e. The average molecular weight is 194 g/mol. The summed E-state index contributed by atoms with van der Waals surface area (Å²) in [6.07, 6.45) is 1.02. The van der Waals surface area contributed by atoms with Gasteiger partial charge in [-0.1, -0.05) is 19.9 Å². The Morgan fingerprint density at radius 1 is 1.29 bits per heavy atom. The standard InChI is InChI=1S/C11H18N2O/c1-8(2)6-7-14-10-5-3-4-9(12)11(10)13/h3-5,8H,6-7,12-13H2,1-2H3. The molecule has 78 valence electrons. The summed E-state index contributed by atoms with van der Waals surface area (Å²) in [6.45, 7) is 5.00. The molecule has 0 saturated carbocycles. The number of anilines is 2. The SMILES string of the molecule is CC(C)CCOc1cccc(N)c1N. The van der Waals surface area contributed by atoms with Gasteiger partial charge in [0.05, 0.1) is 18.0 Å². The van der Waals surface area contributed by atoms with Crippen LogP contribution in [0.1, 0.15) is 20.3 Å². The maximum absolute atomic E-state index is 5.75. The molecule has 1 aromatic rings. The van der Waals surface area contributed by atoms with Gasteiger partial charge >= 0.3 is 0 Å². The van der Waals surface area contributed by atoms with Crippen molar-refractivity contribution in [2.75, 3.05) is 18.1 Å². The monoisotopic (exact) mass is 194 g/mol. The fraction of sp³-hybridized carbons (Fsp3) is 0.455. The van der Waals surface area contributed by atoms with Crippen LogP contribution in [-0.2, 0) is 0 Å². The molecule has 1 rings (SSSR count). The Bertz CT molecular complexity index is 297. The van der Waals surface area contributed by atoms with Crippen LogP contribution in [0.4, 0.5) is 11.4 Å². The molecule has 0 spiro atoms. The van der Waals surface area contributed by atoms with Gasteiger partial charge in [0.25, 0.3) is 0 Å². The summed E-state index contributed by atoms with van der Waals surface area (Å²) in [5.74, 6) is 1.32. The highest BCUT2D eigenvalue weighted by Crippen LogP contribution is 2.26. The molecule has 0 heterocycles. The molecule has 1 aromatic carbocycles. The van der Waals surface area contributed by atoms with E-state index < -0.39 is 0 Å². The Morgan fingerprint density at radius 2 is 2.00 bits per heavy atom. The van der Waals surface area contributed by atoms with E-state index in [2.05, 4.69) is 13.8 Å². The summed E-state index contributed by atoms with van der Waals surface area (Å²) >= 11 is 0. The minimum absolute atomic E-state index is 0.538. The summed E-state index contributed by atoms with van der Waals surface area (Å²) < 4.78 is 5.52. The molecule has 0 unspecified atom stereocenters. The van der Waals surface area contributed by atoms with E-state index in [1.165, 1.54) is 0 Å². The first kappa shape index (κ1) is 10.7. The molecule has 0 fully saturated rings. The van der Waals surface area contributed by atoms with E-state index in [4.69, 9.17) is 16.2 Å². The van der Waals surface area contributed by atoms with Crippen molar-refractivity contribution in [1.82, 2.24) is 0 Å². The minimum atomic E-state index is 0.538. The molecule has 0 amide bonds. The van der Waals surface area contributed by atoms with E-state index >= 15 is 0 Å². The van der Waals surface area contributed by atoms with Gasteiger partial charge in [-0.15, -0.1) is 0 Å². The second-order valence-corrected chi connectivity index (χ2v) is 3.79. The maximum atomic E-state index is 5.75. The van der Waals surface area contributed by atoms with Crippen molar-refractivity contribution in [3.05, 3.63) is 18.2 Å². The third-order valence-corrected chi connectivity index (χ3v) is 2.05. The molecule has 14 heavy (non-hydrogen) atoms. The lowest BCUT2D eigenvalue weighted by atomic mass is 10.1. The quantitative estimate of drug-likeness (QED) is 0.723. The fourth-order valence-electron chi connectivity index (χ4n) is 1.09. The van der Waals surface area contributed by atoms with Crippen molar-refractivity contribution in [3.63, 3.8) is 0 Å². The Balaban J connectivity index is 2.54. The zero-order valence-corrected chi connectivity index (χ0v) is 8.79. The highest BCUT2D eigenvalue weighted by Gasteiger charge is 2.03. The van der Waals surface area contributed by atoms with Crippen LogP contribution in [0.2, 0.25) is 0 Å². The third-order valence-electron chi connectivity index (χ3n) is 2.05. The first-order valence-corrected chi connectivity index (χ1v) is 4.88. The number of benzene rings is 1. The second kappa shape index (κ2) is 4.74. The normalized spacial score (nSPS) is 10.5. The smallest absolute Gasteiger partial charge is 0.144 e. The van der Waals surface area contributed by atoms with Crippen molar-refractivity contribution in [2.24, 2.45) is 5.92 Å². The van der Waals surface area contributed by atoms with E-state index in [9.17, 15) is 0 Å². The summed E-state index contributed by atoms with van der Waals surface area (Å²) in [5.41, 5.74) is 12.5. The molecule has 0 radical (unpaired) electrons. The van der Waals surface area contributed by atoms with Crippen molar-refractivity contribution < 1.29 is 4.74 Å². The second-order valence-electron chi connectivity index (χ2n) is 3.79. The minimum Gasteiger partial charge on any atom is -0.491 e. The summed E-state index contributed by atoms with van der Waals surface area (Å²) in [6, 6.07) is 5.45. The Hall–Kier alpha value is -1.38. The van der Waals surface area contributed by atoms with Crippen LogP contribution in [0.25, 0.3) is 0 Å². The van der Waals surface area contributed by atoms with Crippen LogP contribution < -0.4 is 16.2 Å². The first-order valence-electron chi connectivity index (χ1n) is 4.88. The first-order chi connectivity index (χ1) is 6.61. The third kappa shape index (κ3) is 2.83. The molecular weight excluding hydrogens is 176 g/mol. The summed E-state index contributed by atoms with van der Waals surface area (Å²) in [5, 5.41) is 0. The lowest BCUT2D eigenvalue weighted by Gasteiger charge is -2.11. The number of para-hydroxylation sites is 1. The largest absolute Gasteiger partial charge is 0.491 e. The molecule has 0 aliphatic rings. The highest BCUT2D eigenvalue weighted by atomic mass is 16.5. The molecule has 0 atom stereocenters. The number of hydrogen-bond donors (Lipinski definition) is 2. The summed E-state index contributed by atoms with van der Waals surface area (Å²) in [4.78, 5) is 0. The molecular formula is C11H18N2O. The molecule has 4 N–H and O–H groups in total. The molecule has 0 bridgehead atoms. The van der Waals surface area contributed by atoms with Gasteiger partial charge in [-0.05, 0) is 24.5 Å². The van der Waals surface area contributed by atoms with Gasteiger partial charge in [-0.25, -0.2) is 0 Å². The van der Waals surface area contributed by atoms with Crippen LogP contribution in [0.5, 0.6) is 5.75 Å². The van der Waals surface area contributed by atoms with Gasteiger partial charge in [0, 0.05) is 0 Å². The predicted molar refractivity (Wildman–Crippen MR) is 60.2 cm³/mol. The topological polar surface area (TPSA) is 61.3 Å². The Kier molecular flexibility index (Phi) is 3.63. The number of nitrogen functional groups attached to an aromatic ring is 2. The zero-order valence-electron chi connectivity index (χ0n) is 8.79. The van der Waals surface area contributed by atoms with Crippen LogP contribution >= 0.6 is 0 Å². The van der Waals surface area contributed by atoms with Crippen molar-refractivity contribution >= 4 is 11.4 Å². The van der Waals surface area contributed by atoms with Crippen LogP contribution in [0.3, 0.4) is 0 Å². The Morgan fingerprint density at radius 3 is 2.64 bits per heavy atom. The highest BCUT2D eigenvalue weighted by molar-refractivity contribution is 5.70. The fourth-order valence-corrected chi connectivity index (χ4v) is 1.09. The zero-order chi connectivity index (χ0) is 10.6. The number of hydrogen-bond acceptors (Lipinski definition) is 3. The van der Waals surface area contributed by atoms with Crippen molar-refractivity contribution in [2.45, 2.75) is 20.3 Å². The number of nitrogens with two attached hydrogens (primary N) is 2. The van der Waals surface area contributed by atoms with E-state index in [0.29, 0.717) is 29.6 Å². The van der Waals surface area contributed by atoms with Gasteiger partial charge in [0.1, 0.15) is 5.75 Å². The van der Waals surface area contributed by atoms with Crippen LogP contribution in [0, 0.1) is 5.92 Å². The molecule has 3 heteroatoms. The molecule has 0 aromatic heterocycles. The van der Waals surface area contributed by atoms with Gasteiger partial charge in [-0.2, -0.15) is 0 Å². The van der Waals surface area contributed by atoms with Gasteiger partial charge in [0.15, 0.2) is 0 Å². The van der Waals surface area contributed by atoms with Gasteiger partial charge in [0.2, 0.25) is 0 Å². The lowest BCUT2D eigenvalue weighted by Crippen LogP contribution is -2.04. The van der Waals surface area contributed by atoms with Crippen molar-refractivity contribution in [1.29, 1.82) is 0 Å². The van der Waals surface area contributed by atoms with Crippen molar-refractivity contribution in [3.8, 4) is 5.75 Å². The van der Waals surface area contributed by atoms with Gasteiger partial charge in [-0.3, -0.25) is 0 Å². The van der Waals surface area contributed by atoms with E-state index in [-0.39, 0.29) is 0 Å². The van der Waals surface area contributed by atoms with Gasteiger partial charge < -0.3 is 16.2 Å². The van der Waals surface area contributed by atoms with E-state index in [1.54, 1.807) is 6.07 Å². The molecule has 3 nitrogen and oxygen atoms in total. The number of ether oxygens (including phenoxy) is 1. The van der Waals surface area contributed by atoms with E-state index in [0.717, 1.165) is 6.42 Å². The molecule has 0 saturated heterocycles. The lowest BCUT2D eigenvalue weighted by molar-refractivity contribution is 0.291. The Labute approximate surface area is 85.0 Å². The van der Waals surface area contributed by atoms with Crippen LogP contribution in [-0.4, -0.2) is 6.61 Å².